The van der Waals surface area contributed by atoms with Crippen LogP contribution in [0, 0.1) is 13.8 Å². The largest absolute Gasteiger partial charge is 0.310 e. The molecule has 0 unspecified atom stereocenters. The van der Waals surface area contributed by atoms with E-state index in [1.807, 2.05) is 0 Å². The Bertz CT molecular complexity index is 347. The van der Waals surface area contributed by atoms with E-state index in [2.05, 4.69) is 37.4 Å². The number of halogens is 1. The summed E-state index contributed by atoms with van der Waals surface area (Å²) in [5.74, 6) is 0. The number of benzene rings is 1. The van der Waals surface area contributed by atoms with Crippen LogP contribution >= 0.6 is 11.6 Å². The first-order valence-electron chi connectivity index (χ1n) is 6.59. The van der Waals surface area contributed by atoms with Gasteiger partial charge in [0.15, 0.2) is 0 Å². The van der Waals surface area contributed by atoms with Crippen LogP contribution in [-0.4, -0.2) is 11.4 Å². The summed E-state index contributed by atoms with van der Waals surface area (Å²) in [5, 5.41) is 4.09. The molecular formula is C15H22ClN. The second-order valence-corrected chi connectivity index (χ2v) is 5.82. The van der Waals surface area contributed by atoms with Gasteiger partial charge in [-0.1, -0.05) is 18.2 Å². The summed E-state index contributed by atoms with van der Waals surface area (Å²) >= 11 is 6.12. The summed E-state index contributed by atoms with van der Waals surface area (Å²) in [4.78, 5) is 0. The van der Waals surface area contributed by atoms with E-state index in [9.17, 15) is 0 Å². The molecule has 0 spiro atoms. The molecule has 0 bridgehead atoms. The van der Waals surface area contributed by atoms with Crippen LogP contribution in [0.4, 0.5) is 0 Å². The normalized spacial score (nSPS) is 24.9. The molecule has 1 aromatic carbocycles. The molecule has 17 heavy (non-hydrogen) atoms. The smallest absolute Gasteiger partial charge is 0.0337 e. The van der Waals surface area contributed by atoms with E-state index in [-0.39, 0.29) is 0 Å². The quantitative estimate of drug-likeness (QED) is 0.803. The van der Waals surface area contributed by atoms with Crippen molar-refractivity contribution < 1.29 is 0 Å². The van der Waals surface area contributed by atoms with Crippen molar-refractivity contribution in [1.82, 2.24) is 5.32 Å². The molecule has 1 fully saturated rings. The first-order valence-corrected chi connectivity index (χ1v) is 7.03. The molecule has 1 aliphatic carbocycles. The first-order chi connectivity index (χ1) is 8.16. The van der Waals surface area contributed by atoms with Crippen molar-refractivity contribution >= 4 is 11.6 Å². The topological polar surface area (TPSA) is 12.0 Å². The molecule has 0 amide bonds. The van der Waals surface area contributed by atoms with E-state index < -0.39 is 0 Å². The minimum Gasteiger partial charge on any atom is -0.310 e. The fourth-order valence-electron chi connectivity index (χ4n) is 2.63. The molecule has 1 N–H and O–H groups in total. The second kappa shape index (κ2) is 5.88. The van der Waals surface area contributed by atoms with E-state index in [1.165, 1.54) is 29.5 Å². The summed E-state index contributed by atoms with van der Waals surface area (Å²) in [5.41, 5.74) is 4.24. The molecule has 2 heteroatoms. The number of hydrogen-bond acceptors (Lipinski definition) is 1. The molecule has 1 aromatic rings. The van der Waals surface area contributed by atoms with Gasteiger partial charge in [0.05, 0.1) is 0 Å². The minimum absolute atomic E-state index is 0.410. The predicted molar refractivity (Wildman–Crippen MR) is 74.7 cm³/mol. The molecule has 0 aliphatic heterocycles. The highest BCUT2D eigenvalue weighted by Gasteiger charge is 2.19. The van der Waals surface area contributed by atoms with Gasteiger partial charge in [0.25, 0.3) is 0 Å². The Morgan fingerprint density at radius 1 is 1.12 bits per heavy atom. The lowest BCUT2D eigenvalue weighted by Crippen LogP contribution is -2.33. The van der Waals surface area contributed by atoms with Crippen molar-refractivity contribution in [2.24, 2.45) is 0 Å². The van der Waals surface area contributed by atoms with Crippen molar-refractivity contribution in [3.05, 3.63) is 34.9 Å². The summed E-state index contributed by atoms with van der Waals surface area (Å²) in [7, 11) is 0. The molecule has 1 aliphatic rings. The van der Waals surface area contributed by atoms with Crippen molar-refractivity contribution in [3.63, 3.8) is 0 Å². The fourth-order valence-corrected chi connectivity index (χ4v) is 2.88. The molecule has 94 valence electrons. The highest BCUT2D eigenvalue weighted by atomic mass is 35.5. The van der Waals surface area contributed by atoms with E-state index >= 15 is 0 Å². The van der Waals surface area contributed by atoms with Gasteiger partial charge in [0, 0.05) is 18.0 Å². The Morgan fingerprint density at radius 3 is 2.29 bits per heavy atom. The summed E-state index contributed by atoms with van der Waals surface area (Å²) in [6, 6.07) is 7.18. The Labute approximate surface area is 110 Å². The van der Waals surface area contributed by atoms with E-state index in [0.29, 0.717) is 11.4 Å². The van der Waals surface area contributed by atoms with Crippen LogP contribution in [0.15, 0.2) is 18.2 Å². The lowest BCUT2D eigenvalue weighted by atomic mass is 9.94. The van der Waals surface area contributed by atoms with Gasteiger partial charge in [0.2, 0.25) is 0 Å². The second-order valence-electron chi connectivity index (χ2n) is 5.20. The highest BCUT2D eigenvalue weighted by Crippen LogP contribution is 2.23. The molecule has 0 heterocycles. The maximum absolute atomic E-state index is 6.12. The Hall–Kier alpha value is -0.530. The molecule has 0 saturated heterocycles. The van der Waals surface area contributed by atoms with Gasteiger partial charge in [-0.25, -0.2) is 0 Å². The Kier molecular flexibility index (Phi) is 4.47. The number of rotatable bonds is 3. The van der Waals surface area contributed by atoms with Crippen LogP contribution in [0.5, 0.6) is 0 Å². The van der Waals surface area contributed by atoms with Crippen molar-refractivity contribution in [1.29, 1.82) is 0 Å². The van der Waals surface area contributed by atoms with Crippen LogP contribution in [0.25, 0.3) is 0 Å². The minimum atomic E-state index is 0.410. The lowest BCUT2D eigenvalue weighted by molar-refractivity contribution is 0.375. The number of nitrogens with one attached hydrogen (secondary N) is 1. The Morgan fingerprint density at radius 2 is 1.71 bits per heavy atom. The van der Waals surface area contributed by atoms with Crippen LogP contribution in [0.3, 0.4) is 0 Å². The van der Waals surface area contributed by atoms with E-state index in [4.69, 9.17) is 11.6 Å². The van der Waals surface area contributed by atoms with Gasteiger partial charge in [-0.05, 0) is 56.2 Å². The first kappa shape index (κ1) is 12.9. The van der Waals surface area contributed by atoms with Crippen LogP contribution in [-0.2, 0) is 6.54 Å². The van der Waals surface area contributed by atoms with Crippen LogP contribution in [0.1, 0.15) is 42.4 Å². The molecule has 2 rings (SSSR count). The van der Waals surface area contributed by atoms with E-state index in [0.717, 1.165) is 19.4 Å². The van der Waals surface area contributed by atoms with Gasteiger partial charge < -0.3 is 5.32 Å². The van der Waals surface area contributed by atoms with Gasteiger partial charge in [0.1, 0.15) is 0 Å². The maximum Gasteiger partial charge on any atom is 0.0337 e. The van der Waals surface area contributed by atoms with Gasteiger partial charge >= 0.3 is 0 Å². The van der Waals surface area contributed by atoms with Crippen LogP contribution in [0.2, 0.25) is 0 Å². The molecule has 0 radical (unpaired) electrons. The van der Waals surface area contributed by atoms with Crippen LogP contribution < -0.4 is 5.32 Å². The third-order valence-corrected chi connectivity index (χ3v) is 4.31. The molecule has 0 atom stereocenters. The van der Waals surface area contributed by atoms with Gasteiger partial charge in [-0.3, -0.25) is 0 Å². The SMILES string of the molecule is Cc1cccc(C)c1CNC1CCC(Cl)CC1. The summed E-state index contributed by atoms with van der Waals surface area (Å²) < 4.78 is 0. The average molecular weight is 252 g/mol. The number of alkyl halides is 1. The molecular weight excluding hydrogens is 230 g/mol. The zero-order chi connectivity index (χ0) is 12.3. The molecule has 1 saturated carbocycles. The van der Waals surface area contributed by atoms with Crippen molar-refractivity contribution in [2.75, 3.05) is 0 Å². The predicted octanol–water partition coefficient (Wildman–Crippen LogP) is 3.94. The number of hydrogen-bond donors (Lipinski definition) is 1. The van der Waals surface area contributed by atoms with E-state index in [1.54, 1.807) is 0 Å². The fraction of sp³-hybridized carbons (Fsp3) is 0.600. The third kappa shape index (κ3) is 3.46. The van der Waals surface area contributed by atoms with Gasteiger partial charge in [-0.15, -0.1) is 11.6 Å². The molecule has 0 aromatic heterocycles. The zero-order valence-electron chi connectivity index (χ0n) is 10.8. The Balaban J connectivity index is 1.89. The highest BCUT2D eigenvalue weighted by molar-refractivity contribution is 6.20. The maximum atomic E-state index is 6.12. The summed E-state index contributed by atoms with van der Waals surface area (Å²) in [6.45, 7) is 5.38. The lowest BCUT2D eigenvalue weighted by Gasteiger charge is -2.26. The number of aryl methyl sites for hydroxylation is 2. The standard InChI is InChI=1S/C15H22ClN/c1-11-4-3-5-12(2)15(11)10-17-14-8-6-13(16)7-9-14/h3-5,13-14,17H,6-10H2,1-2H3. The van der Waals surface area contributed by atoms with Gasteiger partial charge in [-0.2, -0.15) is 0 Å². The van der Waals surface area contributed by atoms with Crippen molar-refractivity contribution in [2.45, 2.75) is 57.5 Å². The third-order valence-electron chi connectivity index (χ3n) is 3.87. The monoisotopic (exact) mass is 251 g/mol. The zero-order valence-corrected chi connectivity index (χ0v) is 11.6. The average Bonchev–Trinajstić information content (AvgIpc) is 2.31. The van der Waals surface area contributed by atoms with Crippen molar-refractivity contribution in [3.8, 4) is 0 Å². The summed E-state index contributed by atoms with van der Waals surface area (Å²) in [6.07, 6.45) is 4.76. The molecule has 1 nitrogen and oxygen atoms in total.